The SMILES string of the molecule is CCc1nc(CC)n(-c2cccc(F)n2)n1. The van der Waals surface area contributed by atoms with Crippen LogP contribution in [-0.2, 0) is 12.8 Å². The monoisotopic (exact) mass is 220 g/mol. The highest BCUT2D eigenvalue weighted by Gasteiger charge is 2.10. The molecule has 84 valence electrons. The van der Waals surface area contributed by atoms with Gasteiger partial charge < -0.3 is 0 Å². The van der Waals surface area contributed by atoms with Crippen LogP contribution in [0.5, 0.6) is 0 Å². The number of rotatable bonds is 3. The van der Waals surface area contributed by atoms with E-state index in [-0.39, 0.29) is 0 Å². The first-order valence-corrected chi connectivity index (χ1v) is 5.32. The largest absolute Gasteiger partial charge is 0.216 e. The number of nitrogens with zero attached hydrogens (tertiary/aromatic N) is 4. The summed E-state index contributed by atoms with van der Waals surface area (Å²) in [5.74, 6) is 1.52. The third-order valence-corrected chi connectivity index (χ3v) is 2.27. The molecule has 0 aromatic carbocycles. The van der Waals surface area contributed by atoms with Gasteiger partial charge in [-0.2, -0.15) is 9.07 Å². The van der Waals surface area contributed by atoms with Crippen molar-refractivity contribution >= 4 is 0 Å². The van der Waals surface area contributed by atoms with Crippen LogP contribution in [0.4, 0.5) is 4.39 Å². The predicted molar refractivity (Wildman–Crippen MR) is 57.9 cm³/mol. The minimum atomic E-state index is -0.506. The van der Waals surface area contributed by atoms with Gasteiger partial charge in [0, 0.05) is 12.8 Å². The van der Waals surface area contributed by atoms with E-state index >= 15 is 0 Å². The molecule has 0 radical (unpaired) electrons. The maximum Gasteiger partial charge on any atom is 0.214 e. The molecule has 2 heterocycles. The zero-order chi connectivity index (χ0) is 11.5. The predicted octanol–water partition coefficient (Wildman–Crippen LogP) is 1.93. The Morgan fingerprint density at radius 2 is 2.00 bits per heavy atom. The number of pyridine rings is 1. The molecule has 5 heteroatoms. The molecular weight excluding hydrogens is 207 g/mol. The molecule has 4 nitrogen and oxygen atoms in total. The average molecular weight is 220 g/mol. The lowest BCUT2D eigenvalue weighted by molar-refractivity contribution is 0.575. The molecule has 0 bridgehead atoms. The minimum Gasteiger partial charge on any atom is -0.216 e. The van der Waals surface area contributed by atoms with Crippen LogP contribution in [0.15, 0.2) is 18.2 Å². The quantitative estimate of drug-likeness (QED) is 0.742. The second-order valence-corrected chi connectivity index (χ2v) is 3.38. The molecule has 0 aliphatic carbocycles. The molecule has 2 aromatic rings. The van der Waals surface area contributed by atoms with Crippen LogP contribution in [0.1, 0.15) is 25.5 Å². The van der Waals surface area contributed by atoms with Crippen LogP contribution in [0.3, 0.4) is 0 Å². The van der Waals surface area contributed by atoms with Crippen LogP contribution in [0, 0.1) is 5.95 Å². The van der Waals surface area contributed by atoms with Crippen molar-refractivity contribution in [2.24, 2.45) is 0 Å². The van der Waals surface area contributed by atoms with E-state index in [1.807, 2.05) is 13.8 Å². The molecule has 0 unspecified atom stereocenters. The van der Waals surface area contributed by atoms with E-state index in [4.69, 9.17) is 0 Å². The van der Waals surface area contributed by atoms with Crippen molar-refractivity contribution in [1.29, 1.82) is 0 Å². The Hall–Kier alpha value is -1.78. The Kier molecular flexibility index (Phi) is 2.94. The summed E-state index contributed by atoms with van der Waals surface area (Å²) in [5.41, 5.74) is 0. The van der Waals surface area contributed by atoms with Crippen LogP contribution < -0.4 is 0 Å². The van der Waals surface area contributed by atoms with Crippen LogP contribution in [0.2, 0.25) is 0 Å². The van der Waals surface area contributed by atoms with Gasteiger partial charge in [-0.3, -0.25) is 0 Å². The van der Waals surface area contributed by atoms with Gasteiger partial charge in [-0.25, -0.2) is 9.97 Å². The van der Waals surface area contributed by atoms with Crippen molar-refractivity contribution in [1.82, 2.24) is 19.7 Å². The van der Waals surface area contributed by atoms with Crippen molar-refractivity contribution in [2.45, 2.75) is 26.7 Å². The van der Waals surface area contributed by atoms with Crippen LogP contribution >= 0.6 is 0 Å². The van der Waals surface area contributed by atoms with Gasteiger partial charge in [0.2, 0.25) is 5.95 Å². The second kappa shape index (κ2) is 4.38. The Labute approximate surface area is 93.2 Å². The van der Waals surface area contributed by atoms with E-state index in [0.717, 1.165) is 24.5 Å². The van der Waals surface area contributed by atoms with E-state index in [2.05, 4.69) is 15.1 Å². The average Bonchev–Trinajstić information content (AvgIpc) is 2.72. The molecule has 0 aliphatic heterocycles. The molecule has 0 amide bonds. The Bertz CT molecular complexity index is 492. The number of hydrogen-bond donors (Lipinski definition) is 0. The van der Waals surface area contributed by atoms with E-state index in [1.165, 1.54) is 6.07 Å². The number of hydrogen-bond acceptors (Lipinski definition) is 3. The lowest BCUT2D eigenvalue weighted by Crippen LogP contribution is -2.05. The molecule has 0 aliphatic rings. The molecule has 16 heavy (non-hydrogen) atoms. The zero-order valence-corrected chi connectivity index (χ0v) is 9.31. The Morgan fingerprint density at radius 1 is 1.19 bits per heavy atom. The lowest BCUT2D eigenvalue weighted by Gasteiger charge is -2.02. The molecule has 0 spiro atoms. The highest BCUT2D eigenvalue weighted by molar-refractivity contribution is 5.22. The maximum absolute atomic E-state index is 13.0. The van der Waals surface area contributed by atoms with E-state index in [9.17, 15) is 4.39 Å². The first kappa shape index (κ1) is 10.7. The number of aromatic nitrogens is 4. The van der Waals surface area contributed by atoms with Gasteiger partial charge in [0.1, 0.15) is 5.82 Å². The molecule has 0 saturated heterocycles. The first-order valence-electron chi connectivity index (χ1n) is 5.32. The second-order valence-electron chi connectivity index (χ2n) is 3.38. The molecular formula is C11H13FN4. The van der Waals surface area contributed by atoms with Crippen LogP contribution in [-0.4, -0.2) is 19.7 Å². The fourth-order valence-corrected chi connectivity index (χ4v) is 1.47. The van der Waals surface area contributed by atoms with Gasteiger partial charge in [-0.15, -0.1) is 5.10 Å². The minimum absolute atomic E-state index is 0.476. The van der Waals surface area contributed by atoms with Crippen molar-refractivity contribution in [3.05, 3.63) is 35.8 Å². The molecule has 0 fully saturated rings. The summed E-state index contributed by atoms with van der Waals surface area (Å²) in [5, 5.41) is 4.29. The third kappa shape index (κ3) is 1.93. The molecule has 2 aromatic heterocycles. The summed E-state index contributed by atoms with van der Waals surface area (Å²) in [6.45, 7) is 3.97. The summed E-state index contributed by atoms with van der Waals surface area (Å²) < 4.78 is 14.6. The molecule has 0 N–H and O–H groups in total. The van der Waals surface area contributed by atoms with Gasteiger partial charge in [0.05, 0.1) is 0 Å². The fraction of sp³-hybridized carbons (Fsp3) is 0.364. The summed E-state index contributed by atoms with van der Waals surface area (Å²) in [6.07, 6.45) is 1.50. The van der Waals surface area contributed by atoms with Gasteiger partial charge >= 0.3 is 0 Å². The normalized spacial score (nSPS) is 10.7. The van der Waals surface area contributed by atoms with Gasteiger partial charge in [-0.05, 0) is 12.1 Å². The van der Waals surface area contributed by atoms with Crippen molar-refractivity contribution in [2.75, 3.05) is 0 Å². The molecule has 0 atom stereocenters. The first-order chi connectivity index (χ1) is 7.74. The number of halogens is 1. The highest BCUT2D eigenvalue weighted by atomic mass is 19.1. The van der Waals surface area contributed by atoms with Crippen molar-refractivity contribution < 1.29 is 4.39 Å². The summed E-state index contributed by atoms with van der Waals surface area (Å²) in [4.78, 5) is 8.14. The smallest absolute Gasteiger partial charge is 0.214 e. The maximum atomic E-state index is 13.0. The van der Waals surface area contributed by atoms with E-state index < -0.39 is 5.95 Å². The van der Waals surface area contributed by atoms with Crippen molar-refractivity contribution in [3.63, 3.8) is 0 Å². The standard InChI is InChI=1S/C11H13FN4/c1-3-9-14-10(4-2)16(15-9)11-7-5-6-8(12)13-11/h5-7H,3-4H2,1-2H3. The van der Waals surface area contributed by atoms with Gasteiger partial charge in [-0.1, -0.05) is 19.9 Å². The fourth-order valence-electron chi connectivity index (χ4n) is 1.47. The summed E-state index contributed by atoms with van der Waals surface area (Å²) >= 11 is 0. The van der Waals surface area contributed by atoms with Crippen molar-refractivity contribution in [3.8, 4) is 5.82 Å². The van der Waals surface area contributed by atoms with E-state index in [1.54, 1.807) is 16.8 Å². The lowest BCUT2D eigenvalue weighted by atomic mass is 10.4. The Balaban J connectivity index is 2.50. The van der Waals surface area contributed by atoms with E-state index in [0.29, 0.717) is 5.82 Å². The summed E-state index contributed by atoms with van der Waals surface area (Å²) in [6, 6.07) is 4.65. The van der Waals surface area contributed by atoms with Crippen LogP contribution in [0.25, 0.3) is 5.82 Å². The number of aryl methyl sites for hydroxylation is 2. The molecule has 0 saturated carbocycles. The topological polar surface area (TPSA) is 43.6 Å². The van der Waals surface area contributed by atoms with Gasteiger partial charge in [0.15, 0.2) is 11.6 Å². The Morgan fingerprint density at radius 3 is 2.62 bits per heavy atom. The summed E-state index contributed by atoms with van der Waals surface area (Å²) in [7, 11) is 0. The zero-order valence-electron chi connectivity index (χ0n) is 9.31. The third-order valence-electron chi connectivity index (χ3n) is 2.27. The van der Waals surface area contributed by atoms with Gasteiger partial charge in [0.25, 0.3) is 0 Å². The highest BCUT2D eigenvalue weighted by Crippen LogP contribution is 2.09. The molecule has 2 rings (SSSR count).